The maximum atomic E-state index is 11.6. The molecule has 0 aromatic heterocycles. The second kappa shape index (κ2) is 8.05. The minimum atomic E-state index is -0.181. The number of ether oxygens (including phenoxy) is 2. The van der Waals surface area contributed by atoms with E-state index >= 15 is 0 Å². The molecule has 6 nitrogen and oxygen atoms in total. The SMILES string of the molecule is COCCNC(=O)CN1CCCC(C(=O)OC)C1. The molecule has 18 heavy (non-hydrogen) atoms. The average Bonchev–Trinajstić information content (AvgIpc) is 2.38. The number of rotatable bonds is 6. The molecule has 6 heteroatoms. The topological polar surface area (TPSA) is 67.9 Å². The molecule has 1 heterocycles. The van der Waals surface area contributed by atoms with Gasteiger partial charge in [-0.15, -0.1) is 0 Å². The summed E-state index contributed by atoms with van der Waals surface area (Å²) >= 11 is 0. The Labute approximate surface area is 108 Å². The summed E-state index contributed by atoms with van der Waals surface area (Å²) in [7, 11) is 3.00. The highest BCUT2D eigenvalue weighted by molar-refractivity contribution is 5.78. The first kappa shape index (κ1) is 14.9. The molecule has 1 fully saturated rings. The molecule has 0 aliphatic carbocycles. The van der Waals surface area contributed by atoms with E-state index in [9.17, 15) is 9.59 Å². The van der Waals surface area contributed by atoms with Crippen LogP contribution in [0, 0.1) is 5.92 Å². The van der Waals surface area contributed by atoms with Gasteiger partial charge in [0.05, 0.1) is 26.2 Å². The van der Waals surface area contributed by atoms with E-state index in [-0.39, 0.29) is 17.8 Å². The number of nitrogens with zero attached hydrogens (tertiary/aromatic N) is 1. The van der Waals surface area contributed by atoms with Crippen molar-refractivity contribution in [1.29, 1.82) is 0 Å². The number of amides is 1. The van der Waals surface area contributed by atoms with Gasteiger partial charge in [-0.1, -0.05) is 0 Å². The van der Waals surface area contributed by atoms with Crippen molar-refractivity contribution in [2.75, 3.05) is 47.0 Å². The van der Waals surface area contributed by atoms with Crippen molar-refractivity contribution in [3.8, 4) is 0 Å². The minimum Gasteiger partial charge on any atom is -0.469 e. The number of methoxy groups -OCH3 is 2. The lowest BCUT2D eigenvalue weighted by Gasteiger charge is -2.30. The van der Waals surface area contributed by atoms with Crippen LogP contribution in [0.1, 0.15) is 12.8 Å². The molecule has 1 rings (SSSR count). The van der Waals surface area contributed by atoms with Crippen LogP contribution in [-0.2, 0) is 19.1 Å². The zero-order valence-corrected chi connectivity index (χ0v) is 11.1. The molecule has 1 saturated heterocycles. The number of hydrogen-bond donors (Lipinski definition) is 1. The van der Waals surface area contributed by atoms with E-state index in [0.29, 0.717) is 26.2 Å². The van der Waals surface area contributed by atoms with Gasteiger partial charge in [-0.25, -0.2) is 0 Å². The van der Waals surface area contributed by atoms with Crippen molar-refractivity contribution >= 4 is 11.9 Å². The summed E-state index contributed by atoms with van der Waals surface area (Å²) in [6, 6.07) is 0. The molecule has 1 atom stereocenters. The van der Waals surface area contributed by atoms with Gasteiger partial charge in [-0.3, -0.25) is 14.5 Å². The Morgan fingerprint density at radius 1 is 1.39 bits per heavy atom. The summed E-state index contributed by atoms with van der Waals surface area (Å²) < 4.78 is 9.60. The fourth-order valence-electron chi connectivity index (χ4n) is 2.11. The van der Waals surface area contributed by atoms with Crippen LogP contribution in [0.15, 0.2) is 0 Å². The Balaban J connectivity index is 2.29. The quantitative estimate of drug-likeness (QED) is 0.520. The Morgan fingerprint density at radius 2 is 2.17 bits per heavy atom. The molecule has 0 saturated carbocycles. The van der Waals surface area contributed by atoms with Crippen LogP contribution in [0.5, 0.6) is 0 Å². The molecule has 1 amide bonds. The predicted octanol–water partition coefficient (Wildman–Crippen LogP) is -0.366. The summed E-state index contributed by atoms with van der Waals surface area (Å²) in [6.07, 6.45) is 1.76. The maximum absolute atomic E-state index is 11.6. The number of nitrogens with one attached hydrogen (secondary N) is 1. The molecule has 104 valence electrons. The normalized spacial score (nSPS) is 20.4. The van der Waals surface area contributed by atoms with E-state index in [1.165, 1.54) is 7.11 Å². The molecule has 0 aromatic carbocycles. The summed E-state index contributed by atoms with van der Waals surface area (Å²) in [5.74, 6) is -0.312. The van der Waals surface area contributed by atoms with E-state index in [4.69, 9.17) is 9.47 Å². The molecule has 0 aromatic rings. The third-order valence-corrected chi connectivity index (χ3v) is 3.04. The third kappa shape index (κ3) is 5.01. The van der Waals surface area contributed by atoms with Crippen molar-refractivity contribution in [2.24, 2.45) is 5.92 Å². The van der Waals surface area contributed by atoms with Gasteiger partial charge in [0.2, 0.25) is 5.91 Å². The highest BCUT2D eigenvalue weighted by Gasteiger charge is 2.27. The molecule has 1 N–H and O–H groups in total. The lowest BCUT2D eigenvalue weighted by atomic mass is 9.98. The Morgan fingerprint density at radius 3 is 2.83 bits per heavy atom. The van der Waals surface area contributed by atoms with E-state index in [0.717, 1.165) is 19.4 Å². The maximum Gasteiger partial charge on any atom is 0.309 e. The highest BCUT2D eigenvalue weighted by atomic mass is 16.5. The molecular formula is C12H22N2O4. The highest BCUT2D eigenvalue weighted by Crippen LogP contribution is 2.17. The summed E-state index contributed by atoms with van der Waals surface area (Å²) in [4.78, 5) is 25.0. The van der Waals surface area contributed by atoms with Gasteiger partial charge in [0.25, 0.3) is 0 Å². The van der Waals surface area contributed by atoms with Gasteiger partial charge in [-0.05, 0) is 19.4 Å². The minimum absolute atomic E-state index is 0.0300. The molecule has 0 radical (unpaired) electrons. The smallest absolute Gasteiger partial charge is 0.309 e. The van der Waals surface area contributed by atoms with Crippen molar-refractivity contribution in [3.63, 3.8) is 0 Å². The molecule has 1 aliphatic rings. The van der Waals surface area contributed by atoms with Gasteiger partial charge in [0, 0.05) is 20.2 Å². The zero-order valence-electron chi connectivity index (χ0n) is 11.1. The first-order valence-electron chi connectivity index (χ1n) is 6.23. The van der Waals surface area contributed by atoms with Crippen LogP contribution < -0.4 is 5.32 Å². The molecular weight excluding hydrogens is 236 g/mol. The Bertz CT molecular complexity index is 283. The first-order chi connectivity index (χ1) is 8.67. The third-order valence-electron chi connectivity index (χ3n) is 3.04. The number of likely N-dealkylation sites (tertiary alicyclic amines) is 1. The monoisotopic (exact) mass is 258 g/mol. The van der Waals surface area contributed by atoms with Crippen LogP contribution >= 0.6 is 0 Å². The lowest BCUT2D eigenvalue weighted by Crippen LogP contribution is -2.44. The summed E-state index contributed by atoms with van der Waals surface area (Å²) in [6.45, 7) is 2.81. The van der Waals surface area contributed by atoms with Crippen LogP contribution in [0.25, 0.3) is 0 Å². The van der Waals surface area contributed by atoms with E-state index < -0.39 is 0 Å². The van der Waals surface area contributed by atoms with Gasteiger partial charge in [-0.2, -0.15) is 0 Å². The number of hydrogen-bond acceptors (Lipinski definition) is 5. The van der Waals surface area contributed by atoms with Crippen LogP contribution in [0.4, 0.5) is 0 Å². The van der Waals surface area contributed by atoms with Gasteiger partial charge >= 0.3 is 5.97 Å². The summed E-state index contributed by atoms with van der Waals surface area (Å²) in [5.41, 5.74) is 0. The fraction of sp³-hybridized carbons (Fsp3) is 0.833. The van der Waals surface area contributed by atoms with Gasteiger partial charge in [0.15, 0.2) is 0 Å². The second-order valence-electron chi connectivity index (χ2n) is 4.44. The van der Waals surface area contributed by atoms with E-state index in [2.05, 4.69) is 5.32 Å². The standard InChI is InChI=1S/C12H22N2O4/c1-17-7-5-13-11(15)9-14-6-3-4-10(8-14)12(16)18-2/h10H,3-9H2,1-2H3,(H,13,15). The number of esters is 1. The largest absolute Gasteiger partial charge is 0.469 e. The lowest BCUT2D eigenvalue weighted by molar-refractivity contribution is -0.147. The average molecular weight is 258 g/mol. The van der Waals surface area contributed by atoms with Crippen molar-refractivity contribution in [3.05, 3.63) is 0 Å². The van der Waals surface area contributed by atoms with Crippen LogP contribution in [-0.4, -0.2) is 63.8 Å². The summed E-state index contributed by atoms with van der Waals surface area (Å²) in [5, 5.41) is 2.77. The number of piperidine rings is 1. The first-order valence-corrected chi connectivity index (χ1v) is 6.23. The zero-order chi connectivity index (χ0) is 13.4. The number of carbonyl (C=O) groups excluding carboxylic acids is 2. The molecule has 1 aliphatic heterocycles. The van der Waals surface area contributed by atoms with E-state index in [1.807, 2.05) is 4.90 Å². The van der Waals surface area contributed by atoms with Gasteiger partial charge in [0.1, 0.15) is 0 Å². The van der Waals surface area contributed by atoms with Crippen LogP contribution in [0.3, 0.4) is 0 Å². The second-order valence-corrected chi connectivity index (χ2v) is 4.44. The van der Waals surface area contributed by atoms with Crippen molar-refractivity contribution in [1.82, 2.24) is 10.2 Å². The molecule has 0 spiro atoms. The van der Waals surface area contributed by atoms with Crippen LogP contribution in [0.2, 0.25) is 0 Å². The Hall–Kier alpha value is -1.14. The predicted molar refractivity (Wildman–Crippen MR) is 66.1 cm³/mol. The fourth-order valence-corrected chi connectivity index (χ4v) is 2.11. The van der Waals surface area contributed by atoms with Crippen molar-refractivity contribution in [2.45, 2.75) is 12.8 Å². The van der Waals surface area contributed by atoms with E-state index in [1.54, 1.807) is 7.11 Å². The molecule has 0 bridgehead atoms. The van der Waals surface area contributed by atoms with Crippen molar-refractivity contribution < 1.29 is 19.1 Å². The van der Waals surface area contributed by atoms with Gasteiger partial charge < -0.3 is 14.8 Å². The Kier molecular flexibility index (Phi) is 6.67. The number of carbonyl (C=O) groups is 2. The molecule has 1 unspecified atom stereocenters.